The standard InChI is InChI=1S/C18H15ClN8OS/c1-26-6-7-27(18(26)28)14-8-10(4-5-20-14)16-24-25-17(29-16)22-13-3-2-12-11(15(13)19)9-21-23-12/h2-5,8-9H,6-7H2,1H3,(H,21,23)(H,22,25). The summed E-state index contributed by atoms with van der Waals surface area (Å²) in [7, 11) is 1.78. The average molecular weight is 427 g/mol. The minimum atomic E-state index is -0.0569. The number of carbonyl (C=O) groups is 1. The largest absolute Gasteiger partial charge is 0.329 e. The van der Waals surface area contributed by atoms with E-state index in [-0.39, 0.29) is 6.03 Å². The van der Waals surface area contributed by atoms with Gasteiger partial charge >= 0.3 is 6.03 Å². The van der Waals surface area contributed by atoms with Gasteiger partial charge < -0.3 is 10.2 Å². The lowest BCUT2D eigenvalue weighted by Gasteiger charge is -2.15. The van der Waals surface area contributed by atoms with Crippen LogP contribution in [0.1, 0.15) is 0 Å². The zero-order chi connectivity index (χ0) is 20.0. The molecular weight excluding hydrogens is 412 g/mol. The van der Waals surface area contributed by atoms with Crippen molar-refractivity contribution < 1.29 is 4.79 Å². The highest BCUT2D eigenvalue weighted by atomic mass is 35.5. The number of urea groups is 1. The van der Waals surface area contributed by atoms with Gasteiger partial charge in [0.25, 0.3) is 0 Å². The van der Waals surface area contributed by atoms with Crippen LogP contribution < -0.4 is 10.2 Å². The molecule has 1 saturated heterocycles. The lowest BCUT2D eigenvalue weighted by atomic mass is 10.2. The summed E-state index contributed by atoms with van der Waals surface area (Å²) in [5.41, 5.74) is 2.44. The molecule has 0 bridgehead atoms. The van der Waals surface area contributed by atoms with Crippen LogP contribution in [0.5, 0.6) is 0 Å². The summed E-state index contributed by atoms with van der Waals surface area (Å²) < 4.78 is 0. The highest BCUT2D eigenvalue weighted by Crippen LogP contribution is 2.35. The Balaban J connectivity index is 1.40. The fourth-order valence-electron chi connectivity index (χ4n) is 3.14. The number of aromatic amines is 1. The number of carbonyl (C=O) groups excluding carboxylic acids is 1. The van der Waals surface area contributed by atoms with Gasteiger partial charge in [0.1, 0.15) is 10.8 Å². The first-order valence-corrected chi connectivity index (χ1v) is 10.0. The SMILES string of the molecule is CN1CCN(c2cc(-c3nnc(Nc4ccc5[nH]ncc5c4Cl)s3)ccn2)C1=O. The fourth-order valence-corrected chi connectivity index (χ4v) is 4.16. The Kier molecular flexibility index (Phi) is 4.29. The van der Waals surface area contributed by atoms with E-state index in [1.165, 1.54) is 11.3 Å². The Morgan fingerprint density at radius 2 is 2.14 bits per heavy atom. The van der Waals surface area contributed by atoms with Crippen molar-refractivity contribution in [1.29, 1.82) is 0 Å². The van der Waals surface area contributed by atoms with E-state index in [0.717, 1.165) is 27.2 Å². The molecule has 3 aromatic heterocycles. The summed E-state index contributed by atoms with van der Waals surface area (Å²) in [5.74, 6) is 0.606. The number of H-pyrrole nitrogens is 1. The maximum Gasteiger partial charge on any atom is 0.325 e. The number of hydrogen-bond donors (Lipinski definition) is 2. The molecule has 0 atom stereocenters. The summed E-state index contributed by atoms with van der Waals surface area (Å²) in [6.45, 7) is 1.29. The van der Waals surface area contributed by atoms with Gasteiger partial charge in [-0.2, -0.15) is 5.10 Å². The van der Waals surface area contributed by atoms with Gasteiger partial charge in [-0.3, -0.25) is 10.00 Å². The molecular formula is C18H15ClN8OS. The van der Waals surface area contributed by atoms with Crippen LogP contribution in [0.25, 0.3) is 21.5 Å². The van der Waals surface area contributed by atoms with Crippen LogP contribution >= 0.6 is 22.9 Å². The molecule has 1 aliphatic rings. The topological polar surface area (TPSA) is 103 Å². The molecule has 5 rings (SSSR count). The van der Waals surface area contributed by atoms with Crippen LogP contribution in [0.15, 0.2) is 36.7 Å². The van der Waals surface area contributed by atoms with Crippen LogP contribution in [0.2, 0.25) is 5.02 Å². The quantitative estimate of drug-likeness (QED) is 0.515. The van der Waals surface area contributed by atoms with Crippen molar-refractivity contribution in [1.82, 2.24) is 30.3 Å². The smallest absolute Gasteiger partial charge is 0.325 e. The number of rotatable bonds is 4. The molecule has 4 heterocycles. The van der Waals surface area contributed by atoms with Gasteiger partial charge in [0.15, 0.2) is 0 Å². The van der Waals surface area contributed by atoms with Crippen molar-refractivity contribution in [2.75, 3.05) is 30.4 Å². The molecule has 0 spiro atoms. The summed E-state index contributed by atoms with van der Waals surface area (Å²) in [6, 6.07) is 7.41. The first kappa shape index (κ1) is 17.8. The number of amides is 2. The Bertz CT molecular complexity index is 1220. The van der Waals surface area contributed by atoms with E-state index >= 15 is 0 Å². The number of halogens is 1. The Morgan fingerprint density at radius 1 is 1.24 bits per heavy atom. The third-order valence-corrected chi connectivity index (χ3v) is 6.01. The fraction of sp³-hybridized carbons (Fsp3) is 0.167. The van der Waals surface area contributed by atoms with Crippen LogP contribution in [0.4, 0.5) is 21.4 Å². The van der Waals surface area contributed by atoms with Gasteiger partial charge in [-0.25, -0.2) is 9.78 Å². The first-order chi connectivity index (χ1) is 14.1. The van der Waals surface area contributed by atoms with Crippen molar-refractivity contribution in [2.24, 2.45) is 0 Å². The molecule has 1 fully saturated rings. The van der Waals surface area contributed by atoms with Crippen LogP contribution in [-0.2, 0) is 0 Å². The molecule has 11 heteroatoms. The Labute approximate surface area is 174 Å². The Morgan fingerprint density at radius 3 is 2.97 bits per heavy atom. The summed E-state index contributed by atoms with van der Waals surface area (Å²) in [5, 5.41) is 21.3. The molecule has 9 nitrogen and oxygen atoms in total. The Hall–Kier alpha value is -3.24. The number of hydrogen-bond acceptors (Lipinski definition) is 7. The van der Waals surface area contributed by atoms with Gasteiger partial charge in [0, 0.05) is 37.3 Å². The third kappa shape index (κ3) is 3.15. The highest BCUT2D eigenvalue weighted by Gasteiger charge is 2.27. The maximum absolute atomic E-state index is 12.2. The lowest BCUT2D eigenvalue weighted by Crippen LogP contribution is -2.29. The molecule has 2 N–H and O–H groups in total. The van der Waals surface area contributed by atoms with E-state index in [2.05, 4.69) is 30.7 Å². The van der Waals surface area contributed by atoms with Crippen LogP contribution in [0, 0.1) is 0 Å². The highest BCUT2D eigenvalue weighted by molar-refractivity contribution is 7.18. The number of likely N-dealkylation sites (N-methyl/N-ethyl adjacent to an activating group) is 1. The van der Waals surface area contributed by atoms with Gasteiger partial charge in [-0.15, -0.1) is 10.2 Å². The first-order valence-electron chi connectivity index (χ1n) is 8.81. The monoisotopic (exact) mass is 426 g/mol. The molecule has 0 unspecified atom stereocenters. The second-order valence-corrected chi connectivity index (χ2v) is 7.91. The third-order valence-electron chi connectivity index (χ3n) is 4.71. The predicted octanol–water partition coefficient (Wildman–Crippen LogP) is 3.75. The van der Waals surface area contributed by atoms with E-state index in [1.54, 1.807) is 29.2 Å². The minimum absolute atomic E-state index is 0.0569. The van der Waals surface area contributed by atoms with Gasteiger partial charge in [-0.05, 0) is 24.3 Å². The van der Waals surface area contributed by atoms with Crippen molar-refractivity contribution in [3.8, 4) is 10.6 Å². The molecule has 0 aliphatic carbocycles. The van der Waals surface area contributed by atoms with Crippen LogP contribution in [0.3, 0.4) is 0 Å². The van der Waals surface area contributed by atoms with Crippen molar-refractivity contribution in [3.05, 3.63) is 41.7 Å². The molecule has 1 aromatic carbocycles. The summed E-state index contributed by atoms with van der Waals surface area (Å²) in [4.78, 5) is 19.9. The molecule has 4 aromatic rings. The van der Waals surface area contributed by atoms with Crippen molar-refractivity contribution >= 4 is 56.5 Å². The van der Waals surface area contributed by atoms with E-state index in [4.69, 9.17) is 11.6 Å². The number of anilines is 3. The van der Waals surface area contributed by atoms with Crippen LogP contribution in [-0.4, -0.2) is 56.4 Å². The minimum Gasteiger partial charge on any atom is -0.329 e. The molecule has 146 valence electrons. The van der Waals surface area contributed by atoms with E-state index in [1.807, 2.05) is 24.3 Å². The lowest BCUT2D eigenvalue weighted by molar-refractivity contribution is 0.229. The number of nitrogens with zero attached hydrogens (tertiary/aromatic N) is 6. The van der Waals surface area contributed by atoms with E-state index in [0.29, 0.717) is 29.1 Å². The van der Waals surface area contributed by atoms with Gasteiger partial charge in [-0.1, -0.05) is 22.9 Å². The normalized spacial score (nSPS) is 14.2. The van der Waals surface area contributed by atoms with Gasteiger partial charge in [0.2, 0.25) is 5.13 Å². The number of nitrogens with one attached hydrogen (secondary N) is 2. The molecule has 29 heavy (non-hydrogen) atoms. The number of benzene rings is 1. The number of pyridine rings is 1. The zero-order valence-corrected chi connectivity index (χ0v) is 16.8. The van der Waals surface area contributed by atoms with Gasteiger partial charge in [0.05, 0.1) is 22.4 Å². The number of aromatic nitrogens is 5. The van der Waals surface area contributed by atoms with Crippen molar-refractivity contribution in [2.45, 2.75) is 0 Å². The predicted molar refractivity (Wildman–Crippen MR) is 113 cm³/mol. The van der Waals surface area contributed by atoms with Crippen molar-refractivity contribution in [3.63, 3.8) is 0 Å². The van der Waals surface area contributed by atoms with E-state index < -0.39 is 0 Å². The number of fused-ring (bicyclic) bond motifs is 1. The second-order valence-electron chi connectivity index (χ2n) is 6.55. The summed E-state index contributed by atoms with van der Waals surface area (Å²) in [6.07, 6.45) is 3.36. The molecule has 0 saturated carbocycles. The second kappa shape index (κ2) is 6.98. The zero-order valence-electron chi connectivity index (χ0n) is 15.3. The molecule has 0 radical (unpaired) electrons. The molecule has 1 aliphatic heterocycles. The average Bonchev–Trinajstić information content (AvgIpc) is 3.46. The summed E-state index contributed by atoms with van der Waals surface area (Å²) >= 11 is 7.85. The van der Waals surface area contributed by atoms with E-state index in [9.17, 15) is 4.79 Å². The maximum atomic E-state index is 12.2. The molecule has 2 amide bonds.